The Bertz CT molecular complexity index is 869. The second-order valence-corrected chi connectivity index (χ2v) is 4.26. The lowest BCUT2D eigenvalue weighted by Crippen LogP contribution is -2.14. The molecule has 0 amide bonds. The van der Waals surface area contributed by atoms with E-state index < -0.39 is 10.6 Å². The molecule has 0 saturated carbocycles. The summed E-state index contributed by atoms with van der Waals surface area (Å²) < 4.78 is 1.11. The lowest BCUT2D eigenvalue weighted by Gasteiger charge is -2.06. The van der Waals surface area contributed by atoms with E-state index in [1.54, 1.807) is 30.3 Å². The summed E-state index contributed by atoms with van der Waals surface area (Å²) in [6.07, 6.45) is 0. The molecule has 0 unspecified atom stereocenters. The van der Waals surface area contributed by atoms with Gasteiger partial charge in [-0.15, -0.1) is 5.10 Å². The van der Waals surface area contributed by atoms with Crippen molar-refractivity contribution in [3.05, 3.63) is 62.6 Å². The first-order chi connectivity index (χ1) is 10.1. The second-order valence-electron chi connectivity index (χ2n) is 4.26. The van der Waals surface area contributed by atoms with Gasteiger partial charge in [0.15, 0.2) is 5.65 Å². The normalized spacial score (nSPS) is 10.7. The molecule has 0 saturated heterocycles. The average molecular weight is 286 g/mol. The molecule has 0 atom stereocenters. The summed E-state index contributed by atoms with van der Waals surface area (Å²) in [6.45, 7) is 0.224. The minimum absolute atomic E-state index is 0.0338. The Balaban J connectivity index is 1.85. The van der Waals surface area contributed by atoms with Gasteiger partial charge in [-0.3, -0.25) is 10.1 Å². The zero-order valence-corrected chi connectivity index (χ0v) is 10.7. The largest absolute Gasteiger partial charge is 0.364 e. The van der Waals surface area contributed by atoms with E-state index in [0.717, 1.165) is 4.52 Å². The lowest BCUT2D eigenvalue weighted by molar-refractivity contribution is -0.385. The summed E-state index contributed by atoms with van der Waals surface area (Å²) in [7, 11) is 0. The third-order valence-corrected chi connectivity index (χ3v) is 2.92. The fraction of sp³-hybridized carbons (Fsp3) is 0.0833. The third-order valence-electron chi connectivity index (χ3n) is 2.92. The Hall–Kier alpha value is -3.23. The number of nitrogens with one attached hydrogen (secondary N) is 2. The first-order valence-electron chi connectivity index (χ1n) is 6.06. The van der Waals surface area contributed by atoms with Gasteiger partial charge in [0.1, 0.15) is 5.82 Å². The molecule has 3 rings (SSSR count). The Labute approximate surface area is 117 Å². The minimum atomic E-state index is -0.445. The highest BCUT2D eigenvalue weighted by molar-refractivity contribution is 5.46. The van der Waals surface area contributed by atoms with E-state index in [1.165, 1.54) is 6.07 Å². The quantitative estimate of drug-likeness (QED) is 0.544. The predicted molar refractivity (Wildman–Crippen MR) is 74.0 cm³/mol. The number of nitro benzene ring substituents is 1. The number of anilines is 1. The molecule has 9 nitrogen and oxygen atoms in total. The molecule has 0 aliphatic carbocycles. The Morgan fingerprint density at radius 2 is 2.10 bits per heavy atom. The van der Waals surface area contributed by atoms with E-state index in [0.29, 0.717) is 17.0 Å². The van der Waals surface area contributed by atoms with Crippen molar-refractivity contribution in [3.8, 4) is 0 Å². The molecule has 0 aliphatic rings. The fourth-order valence-corrected chi connectivity index (χ4v) is 1.92. The Morgan fingerprint density at radius 3 is 2.90 bits per heavy atom. The smallest absolute Gasteiger partial charge is 0.364 e. The molecule has 1 aromatic carbocycles. The third kappa shape index (κ3) is 2.43. The van der Waals surface area contributed by atoms with E-state index in [1.807, 2.05) is 0 Å². The molecular formula is C12H10N6O3. The van der Waals surface area contributed by atoms with Crippen LogP contribution in [0.1, 0.15) is 5.56 Å². The van der Waals surface area contributed by atoms with Gasteiger partial charge in [-0.25, -0.2) is 9.89 Å². The van der Waals surface area contributed by atoms with Crippen molar-refractivity contribution in [3.63, 3.8) is 0 Å². The van der Waals surface area contributed by atoms with E-state index >= 15 is 0 Å². The van der Waals surface area contributed by atoms with Crippen LogP contribution in [0, 0.1) is 10.1 Å². The number of nitrogens with zero attached hydrogens (tertiary/aromatic N) is 4. The number of benzene rings is 1. The molecule has 0 fully saturated rings. The number of rotatable bonds is 4. The maximum absolute atomic E-state index is 11.4. The Kier molecular flexibility index (Phi) is 3.07. The monoisotopic (exact) mass is 286 g/mol. The van der Waals surface area contributed by atoms with Crippen LogP contribution in [0.25, 0.3) is 5.65 Å². The van der Waals surface area contributed by atoms with Crippen LogP contribution in [0.4, 0.5) is 11.5 Å². The number of nitro groups is 1. The van der Waals surface area contributed by atoms with Gasteiger partial charge in [-0.05, 0) is 12.1 Å². The topological polar surface area (TPSA) is 118 Å². The van der Waals surface area contributed by atoms with Gasteiger partial charge >= 0.3 is 5.69 Å². The van der Waals surface area contributed by atoms with E-state index in [-0.39, 0.29) is 12.2 Å². The van der Waals surface area contributed by atoms with Gasteiger partial charge in [0.05, 0.1) is 4.92 Å². The number of hydrogen-bond acceptors (Lipinski definition) is 6. The summed E-state index contributed by atoms with van der Waals surface area (Å²) in [5.74, 6) is 0.421. The molecule has 9 heteroatoms. The molecule has 106 valence electrons. The molecule has 2 N–H and O–H groups in total. The molecular weight excluding hydrogens is 276 g/mol. The van der Waals surface area contributed by atoms with Gasteiger partial charge in [0.2, 0.25) is 0 Å². The van der Waals surface area contributed by atoms with Crippen LogP contribution < -0.4 is 11.0 Å². The molecule has 0 radical (unpaired) electrons. The summed E-state index contributed by atoms with van der Waals surface area (Å²) >= 11 is 0. The zero-order chi connectivity index (χ0) is 14.8. The molecule has 0 aliphatic heterocycles. The maximum atomic E-state index is 11.4. The summed E-state index contributed by atoms with van der Waals surface area (Å²) in [5.41, 5.74) is 0.520. The highest BCUT2D eigenvalue weighted by Gasteiger charge is 2.12. The molecule has 3 aromatic rings. The summed E-state index contributed by atoms with van der Waals surface area (Å²) in [5, 5.41) is 24.0. The number of aromatic nitrogens is 4. The van der Waals surface area contributed by atoms with E-state index in [2.05, 4.69) is 20.6 Å². The second kappa shape index (κ2) is 5.04. The maximum Gasteiger partial charge on any atom is 0.364 e. The predicted octanol–water partition coefficient (Wildman–Crippen LogP) is 0.938. The van der Waals surface area contributed by atoms with Crippen molar-refractivity contribution >= 4 is 17.2 Å². The number of H-pyrrole nitrogens is 1. The summed E-state index contributed by atoms with van der Waals surface area (Å²) in [6, 6.07) is 9.69. The summed E-state index contributed by atoms with van der Waals surface area (Å²) in [4.78, 5) is 21.9. The van der Waals surface area contributed by atoms with Gasteiger partial charge in [-0.1, -0.05) is 18.2 Å². The van der Waals surface area contributed by atoms with Gasteiger partial charge in [0, 0.05) is 18.2 Å². The number of para-hydroxylation sites is 1. The highest BCUT2D eigenvalue weighted by Crippen LogP contribution is 2.18. The lowest BCUT2D eigenvalue weighted by atomic mass is 10.2. The van der Waals surface area contributed by atoms with Crippen LogP contribution in [-0.2, 0) is 6.54 Å². The minimum Gasteiger partial charge on any atom is -0.364 e. The first-order valence-corrected chi connectivity index (χ1v) is 6.06. The van der Waals surface area contributed by atoms with Crippen molar-refractivity contribution in [2.45, 2.75) is 6.54 Å². The van der Waals surface area contributed by atoms with Crippen LogP contribution in [-0.4, -0.2) is 24.7 Å². The number of hydrogen-bond donors (Lipinski definition) is 2. The molecule has 2 aromatic heterocycles. The highest BCUT2D eigenvalue weighted by atomic mass is 16.6. The SMILES string of the molecule is O=c1[nH]nc2ccc(NCc3ccccc3[N+](=O)[O-])nn12. The van der Waals surface area contributed by atoms with Crippen molar-refractivity contribution in [1.29, 1.82) is 0 Å². The molecule has 21 heavy (non-hydrogen) atoms. The van der Waals surface area contributed by atoms with Crippen LogP contribution in [0.2, 0.25) is 0 Å². The first kappa shape index (κ1) is 12.8. The van der Waals surface area contributed by atoms with Crippen LogP contribution in [0.3, 0.4) is 0 Å². The number of fused-ring (bicyclic) bond motifs is 1. The standard InChI is InChI=1S/C12H10N6O3/c19-12-15-14-11-6-5-10(16-17(11)12)13-7-8-3-1-2-4-9(8)18(20)21/h1-6H,7H2,(H,13,16)(H,15,19). The van der Waals surface area contributed by atoms with Gasteiger partial charge < -0.3 is 5.32 Å². The fourth-order valence-electron chi connectivity index (χ4n) is 1.92. The van der Waals surface area contributed by atoms with Gasteiger partial charge in [-0.2, -0.15) is 9.61 Å². The van der Waals surface area contributed by atoms with Crippen LogP contribution >= 0.6 is 0 Å². The van der Waals surface area contributed by atoms with Crippen LogP contribution in [0.5, 0.6) is 0 Å². The van der Waals surface area contributed by atoms with Gasteiger partial charge in [0.25, 0.3) is 5.69 Å². The molecule has 0 spiro atoms. The zero-order valence-electron chi connectivity index (χ0n) is 10.7. The van der Waals surface area contributed by atoms with Crippen molar-refractivity contribution in [2.24, 2.45) is 0 Å². The van der Waals surface area contributed by atoms with Crippen LogP contribution in [0.15, 0.2) is 41.2 Å². The Morgan fingerprint density at radius 1 is 1.29 bits per heavy atom. The average Bonchev–Trinajstić information content (AvgIpc) is 2.86. The molecule has 2 heterocycles. The van der Waals surface area contributed by atoms with Crippen molar-refractivity contribution in [2.75, 3.05) is 5.32 Å². The van der Waals surface area contributed by atoms with E-state index in [4.69, 9.17) is 0 Å². The molecule has 0 bridgehead atoms. The van der Waals surface area contributed by atoms with E-state index in [9.17, 15) is 14.9 Å². The van der Waals surface area contributed by atoms with Crippen molar-refractivity contribution in [1.82, 2.24) is 19.8 Å². The van der Waals surface area contributed by atoms with Crippen molar-refractivity contribution < 1.29 is 4.92 Å². The number of aromatic amines is 1.